The number of rotatable bonds is 6. The van der Waals surface area contributed by atoms with E-state index < -0.39 is 23.9 Å². The molecule has 0 rings (SSSR count). The van der Waals surface area contributed by atoms with Crippen molar-refractivity contribution in [3.63, 3.8) is 0 Å². The highest BCUT2D eigenvalue weighted by atomic mass is 35.5. The fourth-order valence-electron chi connectivity index (χ4n) is 0.881. The molecule has 2 atom stereocenters. The molecule has 6 heteroatoms. The molecule has 0 aromatic carbocycles. The van der Waals surface area contributed by atoms with Crippen molar-refractivity contribution in [2.75, 3.05) is 5.88 Å². The highest BCUT2D eigenvalue weighted by Crippen LogP contribution is 2.12. The molecule has 0 saturated heterocycles. The number of halogens is 1. The molecule has 0 aromatic heterocycles. The maximum absolute atomic E-state index is 10.5. The number of nitrogens with two attached hydrogens (primary N) is 1. The van der Waals surface area contributed by atoms with Crippen LogP contribution in [0.3, 0.4) is 0 Å². The molecule has 76 valence electrons. The molecule has 0 aromatic rings. The Morgan fingerprint density at radius 1 is 1.31 bits per heavy atom. The van der Waals surface area contributed by atoms with E-state index in [1.54, 1.807) is 0 Å². The molecular weight excluding hydrogens is 198 g/mol. The van der Waals surface area contributed by atoms with Crippen molar-refractivity contribution in [2.24, 2.45) is 11.7 Å². The average molecular weight is 210 g/mol. The third-order valence-electron chi connectivity index (χ3n) is 1.66. The van der Waals surface area contributed by atoms with Gasteiger partial charge in [-0.3, -0.25) is 9.59 Å². The Morgan fingerprint density at radius 2 is 1.85 bits per heavy atom. The summed E-state index contributed by atoms with van der Waals surface area (Å²) in [6.45, 7) is 0. The van der Waals surface area contributed by atoms with Crippen molar-refractivity contribution in [1.82, 2.24) is 0 Å². The first-order valence-electron chi connectivity index (χ1n) is 3.76. The van der Waals surface area contributed by atoms with Crippen LogP contribution in [0.5, 0.6) is 0 Å². The largest absolute Gasteiger partial charge is 0.481 e. The van der Waals surface area contributed by atoms with Crippen LogP contribution in [0, 0.1) is 5.92 Å². The van der Waals surface area contributed by atoms with E-state index >= 15 is 0 Å². The Hall–Kier alpha value is -0.810. The number of carboxylic acid groups (broad SMARTS) is 2. The zero-order valence-corrected chi connectivity index (χ0v) is 7.70. The van der Waals surface area contributed by atoms with E-state index in [1.807, 2.05) is 0 Å². The molecule has 4 N–H and O–H groups in total. The second-order valence-corrected chi connectivity index (χ2v) is 3.07. The minimum atomic E-state index is -1.19. The van der Waals surface area contributed by atoms with Gasteiger partial charge in [-0.25, -0.2) is 0 Å². The van der Waals surface area contributed by atoms with Gasteiger partial charge in [0.15, 0.2) is 0 Å². The van der Waals surface area contributed by atoms with Crippen LogP contribution in [-0.4, -0.2) is 34.1 Å². The first kappa shape index (κ1) is 12.2. The van der Waals surface area contributed by atoms with Crippen LogP contribution >= 0.6 is 11.6 Å². The van der Waals surface area contributed by atoms with Gasteiger partial charge in [0.1, 0.15) is 6.04 Å². The van der Waals surface area contributed by atoms with E-state index in [0.29, 0.717) is 0 Å². The Labute approximate surface area is 80.5 Å². The fourth-order valence-corrected chi connectivity index (χ4v) is 1.14. The smallest absolute Gasteiger partial charge is 0.320 e. The van der Waals surface area contributed by atoms with Gasteiger partial charge in [-0.2, -0.15) is 0 Å². The van der Waals surface area contributed by atoms with Crippen molar-refractivity contribution >= 4 is 23.5 Å². The molecule has 1 unspecified atom stereocenters. The van der Waals surface area contributed by atoms with Crippen LogP contribution in [-0.2, 0) is 9.59 Å². The number of hydrogen-bond acceptors (Lipinski definition) is 3. The lowest BCUT2D eigenvalue weighted by Crippen LogP contribution is -2.34. The van der Waals surface area contributed by atoms with E-state index in [2.05, 4.69) is 0 Å². The molecule has 0 amide bonds. The summed E-state index contributed by atoms with van der Waals surface area (Å²) in [5, 5.41) is 17.1. The third kappa shape index (κ3) is 4.69. The summed E-state index contributed by atoms with van der Waals surface area (Å²) in [7, 11) is 0. The Bertz CT molecular complexity index is 197. The van der Waals surface area contributed by atoms with E-state index in [9.17, 15) is 9.59 Å². The lowest BCUT2D eigenvalue weighted by atomic mass is 9.98. The van der Waals surface area contributed by atoms with Gasteiger partial charge < -0.3 is 15.9 Å². The molecule has 0 heterocycles. The van der Waals surface area contributed by atoms with E-state index in [4.69, 9.17) is 27.5 Å². The normalized spacial score (nSPS) is 14.9. The van der Waals surface area contributed by atoms with Crippen LogP contribution in [0.4, 0.5) is 0 Å². The molecule has 0 aliphatic heterocycles. The number of aliphatic carboxylic acids is 2. The molecule has 0 radical (unpaired) electrons. The van der Waals surface area contributed by atoms with Gasteiger partial charge >= 0.3 is 11.9 Å². The second kappa shape index (κ2) is 5.77. The van der Waals surface area contributed by atoms with E-state index in [0.717, 1.165) is 0 Å². The van der Waals surface area contributed by atoms with Crippen LogP contribution in [0.1, 0.15) is 12.8 Å². The zero-order chi connectivity index (χ0) is 10.4. The number of carboxylic acids is 2. The van der Waals surface area contributed by atoms with Gasteiger partial charge in [-0.15, -0.1) is 11.6 Å². The monoisotopic (exact) mass is 209 g/mol. The first-order chi connectivity index (χ1) is 5.99. The predicted molar refractivity (Wildman–Crippen MR) is 46.7 cm³/mol. The summed E-state index contributed by atoms with van der Waals surface area (Å²) in [5.74, 6) is -2.84. The van der Waals surface area contributed by atoms with Crippen LogP contribution in [0.2, 0.25) is 0 Å². The van der Waals surface area contributed by atoms with Gasteiger partial charge in [0.05, 0.1) is 5.92 Å². The zero-order valence-electron chi connectivity index (χ0n) is 6.94. The SMILES string of the molecule is N[C@H](CC(CCCl)C(=O)O)C(=O)O. The molecule has 0 aliphatic carbocycles. The van der Waals surface area contributed by atoms with Crippen LogP contribution in [0.25, 0.3) is 0 Å². The summed E-state index contributed by atoms with van der Waals surface area (Å²) in [5.41, 5.74) is 5.18. The topological polar surface area (TPSA) is 101 Å². The lowest BCUT2D eigenvalue weighted by Gasteiger charge is -2.12. The quantitative estimate of drug-likeness (QED) is 0.540. The van der Waals surface area contributed by atoms with Crippen LogP contribution < -0.4 is 5.73 Å². The van der Waals surface area contributed by atoms with Gasteiger partial charge in [0.25, 0.3) is 0 Å². The highest BCUT2D eigenvalue weighted by molar-refractivity contribution is 6.17. The van der Waals surface area contributed by atoms with Crippen LogP contribution in [0.15, 0.2) is 0 Å². The molecule has 0 fully saturated rings. The Morgan fingerprint density at radius 3 is 2.15 bits per heavy atom. The molecular formula is C7H12ClNO4. The molecule has 13 heavy (non-hydrogen) atoms. The van der Waals surface area contributed by atoms with Gasteiger partial charge in [0.2, 0.25) is 0 Å². The first-order valence-corrected chi connectivity index (χ1v) is 4.29. The van der Waals surface area contributed by atoms with Gasteiger partial charge in [0, 0.05) is 5.88 Å². The summed E-state index contributed by atoms with van der Waals surface area (Å²) in [6, 6.07) is -1.13. The van der Waals surface area contributed by atoms with Gasteiger partial charge in [-0.05, 0) is 12.8 Å². The maximum Gasteiger partial charge on any atom is 0.320 e. The molecule has 0 saturated carbocycles. The Balaban J connectivity index is 4.09. The van der Waals surface area contributed by atoms with Crippen molar-refractivity contribution in [2.45, 2.75) is 18.9 Å². The molecule has 5 nitrogen and oxygen atoms in total. The predicted octanol–water partition coefficient (Wildman–Crippen LogP) is 0.118. The maximum atomic E-state index is 10.5. The fraction of sp³-hybridized carbons (Fsp3) is 0.714. The molecule has 0 spiro atoms. The standard InChI is InChI=1S/C7H12ClNO4/c8-2-1-4(6(10)11)3-5(9)7(12)13/h4-5H,1-3,9H2,(H,10,11)(H,12,13)/t4?,5-/m1/s1. The second-order valence-electron chi connectivity index (χ2n) is 2.69. The number of hydrogen-bond donors (Lipinski definition) is 3. The van der Waals surface area contributed by atoms with Crippen molar-refractivity contribution < 1.29 is 19.8 Å². The van der Waals surface area contributed by atoms with Crippen molar-refractivity contribution in [3.8, 4) is 0 Å². The molecule has 0 bridgehead atoms. The highest BCUT2D eigenvalue weighted by Gasteiger charge is 2.23. The van der Waals surface area contributed by atoms with Crippen molar-refractivity contribution in [3.05, 3.63) is 0 Å². The minimum Gasteiger partial charge on any atom is -0.481 e. The van der Waals surface area contributed by atoms with E-state index in [-0.39, 0.29) is 18.7 Å². The lowest BCUT2D eigenvalue weighted by molar-refractivity contribution is -0.143. The third-order valence-corrected chi connectivity index (χ3v) is 1.88. The van der Waals surface area contributed by atoms with Crippen molar-refractivity contribution in [1.29, 1.82) is 0 Å². The number of alkyl halides is 1. The minimum absolute atomic E-state index is 0.0859. The van der Waals surface area contributed by atoms with E-state index in [1.165, 1.54) is 0 Å². The summed E-state index contributed by atoms with van der Waals surface area (Å²) in [6.07, 6.45) is 0.148. The summed E-state index contributed by atoms with van der Waals surface area (Å²) in [4.78, 5) is 20.9. The Kier molecular flexibility index (Phi) is 5.41. The average Bonchev–Trinajstić information content (AvgIpc) is 2.03. The number of carbonyl (C=O) groups is 2. The summed E-state index contributed by atoms with van der Waals surface area (Å²) >= 11 is 5.35. The summed E-state index contributed by atoms with van der Waals surface area (Å²) < 4.78 is 0. The van der Waals surface area contributed by atoms with Gasteiger partial charge in [-0.1, -0.05) is 0 Å². The molecule has 0 aliphatic rings.